The van der Waals surface area contributed by atoms with Gasteiger partial charge in [-0.05, 0) is 18.6 Å². The molecule has 0 aromatic carbocycles. The summed E-state index contributed by atoms with van der Waals surface area (Å²) in [5, 5.41) is 0.665. The Morgan fingerprint density at radius 3 is 2.87 bits per heavy atom. The van der Waals surface area contributed by atoms with E-state index in [4.69, 9.17) is 10.5 Å². The number of hydrogen-bond acceptors (Lipinski definition) is 4. The number of likely N-dealkylation sites (tertiary alicyclic amines) is 1. The molecule has 0 saturated carbocycles. The van der Waals surface area contributed by atoms with Gasteiger partial charge in [-0.25, -0.2) is 0 Å². The Morgan fingerprint density at radius 2 is 2.40 bits per heavy atom. The van der Waals surface area contributed by atoms with Gasteiger partial charge in [0.25, 0.3) is 0 Å². The van der Waals surface area contributed by atoms with Crippen LogP contribution in [0.1, 0.15) is 19.8 Å². The van der Waals surface area contributed by atoms with Crippen molar-refractivity contribution in [2.24, 2.45) is 5.73 Å². The zero-order valence-electron chi connectivity index (χ0n) is 9.74. The molecule has 3 atom stereocenters. The molecule has 0 aromatic heterocycles. The van der Waals surface area contributed by atoms with Crippen LogP contribution in [-0.4, -0.2) is 54.3 Å². The fraction of sp³-hybridized carbons (Fsp3) is 1.00. The van der Waals surface area contributed by atoms with Crippen LogP contribution < -0.4 is 5.73 Å². The van der Waals surface area contributed by atoms with Gasteiger partial charge >= 0.3 is 0 Å². The van der Waals surface area contributed by atoms with Gasteiger partial charge < -0.3 is 10.5 Å². The smallest absolute Gasteiger partial charge is 0.0710 e. The van der Waals surface area contributed by atoms with Gasteiger partial charge in [-0.3, -0.25) is 4.90 Å². The lowest BCUT2D eigenvalue weighted by molar-refractivity contribution is 0.0749. The average Bonchev–Trinajstić information content (AvgIpc) is 2.84. The zero-order chi connectivity index (χ0) is 10.9. The van der Waals surface area contributed by atoms with Crippen molar-refractivity contribution in [2.45, 2.75) is 36.7 Å². The Kier molecular flexibility index (Phi) is 3.60. The van der Waals surface area contributed by atoms with Crippen molar-refractivity contribution in [3.63, 3.8) is 0 Å². The highest BCUT2D eigenvalue weighted by atomic mass is 32.2. The van der Waals surface area contributed by atoms with Crippen LogP contribution in [0.3, 0.4) is 0 Å². The van der Waals surface area contributed by atoms with E-state index < -0.39 is 0 Å². The second-order valence-electron chi connectivity index (χ2n) is 4.66. The van der Waals surface area contributed by atoms with E-state index in [1.54, 1.807) is 0 Å². The van der Waals surface area contributed by atoms with Crippen LogP contribution in [0, 0.1) is 0 Å². The number of methoxy groups -OCH3 is 1. The highest BCUT2D eigenvalue weighted by Gasteiger charge is 2.46. The minimum absolute atomic E-state index is 0.248. The predicted octanol–water partition coefficient (Wildman–Crippen LogP) is 0.930. The molecule has 2 fully saturated rings. The third-order valence-corrected chi connectivity index (χ3v) is 5.50. The van der Waals surface area contributed by atoms with E-state index >= 15 is 0 Å². The Morgan fingerprint density at radius 1 is 1.60 bits per heavy atom. The maximum Gasteiger partial charge on any atom is 0.0710 e. The molecule has 0 aliphatic carbocycles. The third-order valence-electron chi connectivity index (χ3n) is 4.12. The molecule has 0 amide bonds. The van der Waals surface area contributed by atoms with E-state index in [0.717, 1.165) is 26.1 Å². The van der Waals surface area contributed by atoms with E-state index in [-0.39, 0.29) is 5.54 Å². The first-order valence-corrected chi connectivity index (χ1v) is 6.87. The van der Waals surface area contributed by atoms with Gasteiger partial charge in [-0.1, -0.05) is 6.92 Å². The lowest BCUT2D eigenvalue weighted by Gasteiger charge is -2.41. The number of thioether (sulfide) groups is 1. The SMILES string of the molecule is COC1CCN(C2(CN)CCSC2C)C1. The molecule has 2 N–H and O–H groups in total. The first kappa shape index (κ1) is 11.7. The predicted molar refractivity (Wildman–Crippen MR) is 65.3 cm³/mol. The van der Waals surface area contributed by atoms with Crippen LogP contribution in [0.15, 0.2) is 0 Å². The number of nitrogens with zero attached hydrogens (tertiary/aromatic N) is 1. The first-order chi connectivity index (χ1) is 7.23. The topological polar surface area (TPSA) is 38.5 Å². The van der Waals surface area contributed by atoms with Crippen LogP contribution in [0.5, 0.6) is 0 Å². The molecule has 3 nitrogen and oxygen atoms in total. The van der Waals surface area contributed by atoms with Crippen LogP contribution in [0.4, 0.5) is 0 Å². The Balaban J connectivity index is 2.07. The molecular formula is C11H22N2OS. The standard InChI is InChI=1S/C11H22N2OS/c1-9-11(8-12,4-6-15-9)13-5-3-10(7-13)14-2/h9-10H,3-8,12H2,1-2H3. The van der Waals surface area contributed by atoms with Gasteiger partial charge in [0.2, 0.25) is 0 Å². The van der Waals surface area contributed by atoms with Crippen molar-refractivity contribution in [1.82, 2.24) is 4.90 Å². The first-order valence-electron chi connectivity index (χ1n) is 5.82. The second kappa shape index (κ2) is 4.62. The zero-order valence-corrected chi connectivity index (χ0v) is 10.6. The summed E-state index contributed by atoms with van der Waals surface area (Å²) in [5.41, 5.74) is 6.28. The monoisotopic (exact) mass is 230 g/mol. The molecule has 15 heavy (non-hydrogen) atoms. The van der Waals surface area contributed by atoms with Crippen LogP contribution >= 0.6 is 11.8 Å². The molecule has 2 rings (SSSR count). The summed E-state index contributed by atoms with van der Waals surface area (Å²) in [5.74, 6) is 1.26. The van der Waals surface area contributed by atoms with E-state index in [1.165, 1.54) is 12.2 Å². The maximum absolute atomic E-state index is 6.03. The van der Waals surface area contributed by atoms with Gasteiger partial charge in [0.1, 0.15) is 0 Å². The molecule has 2 aliphatic heterocycles. The van der Waals surface area contributed by atoms with E-state index in [1.807, 2.05) is 7.11 Å². The molecule has 2 aliphatic rings. The summed E-state index contributed by atoms with van der Waals surface area (Å²) in [4.78, 5) is 2.58. The lowest BCUT2D eigenvalue weighted by Crippen LogP contribution is -2.56. The molecule has 2 heterocycles. The van der Waals surface area contributed by atoms with E-state index in [2.05, 4.69) is 23.6 Å². The fourth-order valence-electron chi connectivity index (χ4n) is 2.91. The summed E-state index contributed by atoms with van der Waals surface area (Å²) >= 11 is 2.06. The highest BCUT2D eigenvalue weighted by Crippen LogP contribution is 2.41. The van der Waals surface area contributed by atoms with Crippen molar-refractivity contribution in [1.29, 1.82) is 0 Å². The maximum atomic E-state index is 6.03. The third kappa shape index (κ3) is 1.93. The molecule has 0 spiro atoms. The Bertz CT molecular complexity index is 227. The van der Waals surface area contributed by atoms with Crippen LogP contribution in [-0.2, 0) is 4.74 Å². The minimum atomic E-state index is 0.248. The van der Waals surface area contributed by atoms with Gasteiger partial charge in [0.05, 0.1) is 6.10 Å². The normalized spacial score (nSPS) is 42.6. The molecule has 0 bridgehead atoms. The van der Waals surface area contributed by atoms with Crippen molar-refractivity contribution >= 4 is 11.8 Å². The number of ether oxygens (including phenoxy) is 1. The van der Waals surface area contributed by atoms with E-state index in [9.17, 15) is 0 Å². The van der Waals surface area contributed by atoms with E-state index in [0.29, 0.717) is 11.4 Å². The summed E-state index contributed by atoms with van der Waals surface area (Å²) in [7, 11) is 1.82. The van der Waals surface area contributed by atoms with Crippen molar-refractivity contribution in [2.75, 3.05) is 32.5 Å². The highest BCUT2D eigenvalue weighted by molar-refractivity contribution is 8.00. The van der Waals surface area contributed by atoms with Crippen molar-refractivity contribution < 1.29 is 4.74 Å². The molecule has 2 saturated heterocycles. The molecule has 3 unspecified atom stereocenters. The largest absolute Gasteiger partial charge is 0.380 e. The van der Waals surface area contributed by atoms with Crippen LogP contribution in [0.25, 0.3) is 0 Å². The fourth-order valence-corrected chi connectivity index (χ4v) is 4.41. The van der Waals surface area contributed by atoms with Gasteiger partial charge in [-0.15, -0.1) is 0 Å². The Hall–Kier alpha value is 0.230. The lowest BCUT2D eigenvalue weighted by atomic mass is 9.91. The van der Waals surface area contributed by atoms with Gasteiger partial charge in [0.15, 0.2) is 0 Å². The number of rotatable bonds is 3. The summed E-state index contributed by atoms with van der Waals surface area (Å²) < 4.78 is 5.44. The summed E-state index contributed by atoms with van der Waals surface area (Å²) in [6.45, 7) is 5.33. The average molecular weight is 230 g/mol. The summed E-state index contributed by atoms with van der Waals surface area (Å²) in [6, 6.07) is 0. The quantitative estimate of drug-likeness (QED) is 0.783. The molecule has 0 radical (unpaired) electrons. The molecule has 4 heteroatoms. The molecule has 88 valence electrons. The van der Waals surface area contributed by atoms with Gasteiger partial charge in [0, 0.05) is 37.5 Å². The Labute approximate surface area is 96.7 Å². The van der Waals surface area contributed by atoms with Crippen molar-refractivity contribution in [3.8, 4) is 0 Å². The summed E-state index contributed by atoms with van der Waals surface area (Å²) in [6.07, 6.45) is 2.83. The minimum Gasteiger partial charge on any atom is -0.380 e. The van der Waals surface area contributed by atoms with Gasteiger partial charge in [-0.2, -0.15) is 11.8 Å². The second-order valence-corrected chi connectivity index (χ2v) is 6.11. The number of hydrogen-bond donors (Lipinski definition) is 1. The molecule has 0 aromatic rings. The molecular weight excluding hydrogens is 208 g/mol. The number of nitrogens with two attached hydrogens (primary N) is 1. The van der Waals surface area contributed by atoms with Crippen LogP contribution in [0.2, 0.25) is 0 Å². The van der Waals surface area contributed by atoms with Crippen molar-refractivity contribution in [3.05, 3.63) is 0 Å².